The molecule has 2 rings (SSSR count). The second kappa shape index (κ2) is 2.81. The van der Waals surface area contributed by atoms with Gasteiger partial charge in [-0.3, -0.25) is 9.98 Å². The number of aromatic nitrogens is 1. The highest BCUT2D eigenvalue weighted by atomic mass is 15.2. The van der Waals surface area contributed by atoms with Crippen molar-refractivity contribution in [1.82, 2.24) is 10.3 Å². The highest BCUT2D eigenvalue weighted by molar-refractivity contribution is 5.80. The van der Waals surface area contributed by atoms with Gasteiger partial charge in [0, 0.05) is 12.4 Å². The van der Waals surface area contributed by atoms with E-state index in [0.29, 0.717) is 12.5 Å². The molecular formula is C8H10N4. The van der Waals surface area contributed by atoms with Gasteiger partial charge in [-0.05, 0) is 11.6 Å². The zero-order valence-electron chi connectivity index (χ0n) is 6.57. The average Bonchev–Trinajstić information content (AvgIpc) is 2.54. The van der Waals surface area contributed by atoms with Crippen molar-refractivity contribution in [2.24, 2.45) is 10.7 Å². The third-order valence-corrected chi connectivity index (χ3v) is 1.85. The van der Waals surface area contributed by atoms with Crippen molar-refractivity contribution in [3.8, 4) is 0 Å². The van der Waals surface area contributed by atoms with E-state index in [1.807, 2.05) is 18.3 Å². The number of nitrogens with one attached hydrogen (secondary N) is 1. The van der Waals surface area contributed by atoms with Crippen LogP contribution in [-0.2, 0) is 0 Å². The summed E-state index contributed by atoms with van der Waals surface area (Å²) in [5.74, 6) is 0.517. The van der Waals surface area contributed by atoms with Crippen LogP contribution in [0.1, 0.15) is 11.6 Å². The van der Waals surface area contributed by atoms with Crippen LogP contribution >= 0.6 is 0 Å². The maximum Gasteiger partial charge on any atom is 0.189 e. The monoisotopic (exact) mass is 162 g/mol. The highest BCUT2D eigenvalue weighted by Gasteiger charge is 2.16. The predicted molar refractivity (Wildman–Crippen MR) is 46.6 cm³/mol. The van der Waals surface area contributed by atoms with Gasteiger partial charge in [0.15, 0.2) is 5.96 Å². The molecular weight excluding hydrogens is 152 g/mol. The van der Waals surface area contributed by atoms with Crippen LogP contribution in [0.5, 0.6) is 0 Å². The number of pyridine rings is 1. The summed E-state index contributed by atoms with van der Waals surface area (Å²) in [6.07, 6.45) is 3.58. The van der Waals surface area contributed by atoms with E-state index in [0.717, 1.165) is 5.56 Å². The summed E-state index contributed by atoms with van der Waals surface area (Å²) in [5.41, 5.74) is 6.61. The number of aliphatic imine (C=N–C) groups is 1. The average molecular weight is 162 g/mol. The summed E-state index contributed by atoms with van der Waals surface area (Å²) < 4.78 is 0. The lowest BCUT2D eigenvalue weighted by Gasteiger charge is -2.09. The van der Waals surface area contributed by atoms with Crippen molar-refractivity contribution in [1.29, 1.82) is 0 Å². The third-order valence-electron chi connectivity index (χ3n) is 1.85. The molecule has 1 aliphatic heterocycles. The molecule has 4 heteroatoms. The molecule has 0 aromatic carbocycles. The topological polar surface area (TPSA) is 63.3 Å². The molecule has 1 aromatic rings. The van der Waals surface area contributed by atoms with Gasteiger partial charge >= 0.3 is 0 Å². The molecule has 3 N–H and O–H groups in total. The molecule has 0 radical (unpaired) electrons. The van der Waals surface area contributed by atoms with Gasteiger partial charge in [0.1, 0.15) is 0 Å². The van der Waals surface area contributed by atoms with Crippen LogP contribution in [0.15, 0.2) is 29.5 Å². The largest absolute Gasteiger partial charge is 0.370 e. The first-order valence-corrected chi connectivity index (χ1v) is 3.82. The van der Waals surface area contributed by atoms with Gasteiger partial charge < -0.3 is 11.1 Å². The van der Waals surface area contributed by atoms with E-state index >= 15 is 0 Å². The smallest absolute Gasteiger partial charge is 0.189 e. The van der Waals surface area contributed by atoms with E-state index in [1.165, 1.54) is 0 Å². The standard InChI is InChI=1S/C8H10N4/c9-8-11-5-7(12-8)6-2-1-3-10-4-6/h1-4,7H,5H2,(H3,9,11,12). The van der Waals surface area contributed by atoms with E-state index in [2.05, 4.69) is 15.3 Å². The van der Waals surface area contributed by atoms with E-state index in [4.69, 9.17) is 5.73 Å². The third kappa shape index (κ3) is 1.23. The van der Waals surface area contributed by atoms with Crippen molar-refractivity contribution >= 4 is 5.96 Å². The molecule has 2 heterocycles. The van der Waals surface area contributed by atoms with Crippen molar-refractivity contribution in [3.63, 3.8) is 0 Å². The summed E-state index contributed by atoms with van der Waals surface area (Å²) in [6, 6.07) is 4.13. The number of nitrogens with two attached hydrogens (primary N) is 1. The number of hydrogen-bond acceptors (Lipinski definition) is 4. The molecule has 0 aliphatic carbocycles. The molecule has 4 nitrogen and oxygen atoms in total. The number of nitrogens with zero attached hydrogens (tertiary/aromatic N) is 2. The minimum Gasteiger partial charge on any atom is -0.370 e. The second-order valence-electron chi connectivity index (χ2n) is 2.71. The molecule has 1 aromatic heterocycles. The van der Waals surface area contributed by atoms with Crippen LogP contribution in [-0.4, -0.2) is 17.5 Å². The van der Waals surface area contributed by atoms with Gasteiger partial charge in [-0.25, -0.2) is 0 Å². The van der Waals surface area contributed by atoms with Gasteiger partial charge in [0.2, 0.25) is 0 Å². The Morgan fingerprint density at radius 1 is 1.58 bits per heavy atom. The van der Waals surface area contributed by atoms with Crippen LogP contribution in [0.25, 0.3) is 0 Å². The Balaban J connectivity index is 2.14. The molecule has 0 saturated heterocycles. The van der Waals surface area contributed by atoms with E-state index in [-0.39, 0.29) is 6.04 Å². The lowest BCUT2D eigenvalue weighted by molar-refractivity contribution is 0.704. The van der Waals surface area contributed by atoms with Crippen LogP contribution in [0.2, 0.25) is 0 Å². The first kappa shape index (κ1) is 7.09. The molecule has 1 unspecified atom stereocenters. The predicted octanol–water partition coefficient (Wildman–Crippen LogP) is 0.0406. The van der Waals surface area contributed by atoms with E-state index in [1.54, 1.807) is 6.20 Å². The molecule has 0 spiro atoms. The summed E-state index contributed by atoms with van der Waals surface area (Å²) >= 11 is 0. The van der Waals surface area contributed by atoms with Crippen molar-refractivity contribution < 1.29 is 0 Å². The zero-order valence-corrected chi connectivity index (χ0v) is 6.57. The summed E-state index contributed by atoms with van der Waals surface area (Å²) in [6.45, 7) is 0.706. The number of guanidine groups is 1. The summed E-state index contributed by atoms with van der Waals surface area (Å²) in [5, 5.41) is 3.06. The van der Waals surface area contributed by atoms with Crippen molar-refractivity contribution in [3.05, 3.63) is 30.1 Å². The van der Waals surface area contributed by atoms with Crippen LogP contribution < -0.4 is 11.1 Å². The summed E-state index contributed by atoms with van der Waals surface area (Å²) in [7, 11) is 0. The molecule has 62 valence electrons. The Hall–Kier alpha value is -1.58. The van der Waals surface area contributed by atoms with Gasteiger partial charge in [-0.15, -0.1) is 0 Å². The molecule has 0 saturated carbocycles. The lowest BCUT2D eigenvalue weighted by Crippen LogP contribution is -2.29. The van der Waals surface area contributed by atoms with E-state index in [9.17, 15) is 0 Å². The normalized spacial score (nSPS) is 21.7. The van der Waals surface area contributed by atoms with Crippen LogP contribution in [0.3, 0.4) is 0 Å². The maximum absolute atomic E-state index is 5.48. The quantitative estimate of drug-likeness (QED) is 0.613. The fraction of sp³-hybridized carbons (Fsp3) is 0.250. The molecule has 0 fully saturated rings. The van der Waals surface area contributed by atoms with Crippen LogP contribution in [0.4, 0.5) is 0 Å². The molecule has 12 heavy (non-hydrogen) atoms. The van der Waals surface area contributed by atoms with Crippen molar-refractivity contribution in [2.75, 3.05) is 6.54 Å². The Morgan fingerprint density at radius 3 is 3.08 bits per heavy atom. The minimum absolute atomic E-state index is 0.207. The zero-order chi connectivity index (χ0) is 8.39. The summed E-state index contributed by atoms with van der Waals surface area (Å²) in [4.78, 5) is 8.07. The van der Waals surface area contributed by atoms with Gasteiger partial charge in [-0.2, -0.15) is 0 Å². The maximum atomic E-state index is 5.48. The first-order chi connectivity index (χ1) is 5.86. The number of rotatable bonds is 1. The van der Waals surface area contributed by atoms with Gasteiger partial charge in [0.25, 0.3) is 0 Å². The fourth-order valence-electron chi connectivity index (χ4n) is 1.23. The lowest BCUT2D eigenvalue weighted by atomic mass is 10.1. The highest BCUT2D eigenvalue weighted by Crippen LogP contribution is 2.14. The van der Waals surface area contributed by atoms with Gasteiger partial charge in [-0.1, -0.05) is 6.07 Å². The van der Waals surface area contributed by atoms with Crippen molar-refractivity contribution in [2.45, 2.75) is 6.04 Å². The minimum atomic E-state index is 0.207. The van der Waals surface area contributed by atoms with E-state index < -0.39 is 0 Å². The second-order valence-corrected chi connectivity index (χ2v) is 2.71. The molecule has 1 aliphatic rings. The Labute approximate surface area is 70.5 Å². The molecule has 0 bridgehead atoms. The fourth-order valence-corrected chi connectivity index (χ4v) is 1.23. The number of hydrogen-bond donors (Lipinski definition) is 2. The molecule has 0 amide bonds. The Kier molecular flexibility index (Phi) is 1.66. The SMILES string of the molecule is NC1=NCC(c2cccnc2)N1. The van der Waals surface area contributed by atoms with Gasteiger partial charge in [0.05, 0.1) is 12.6 Å². The first-order valence-electron chi connectivity index (χ1n) is 3.82. The Morgan fingerprint density at radius 2 is 2.50 bits per heavy atom. The van der Waals surface area contributed by atoms with Crippen LogP contribution in [0, 0.1) is 0 Å². The molecule has 1 atom stereocenters. The Bertz CT molecular complexity index is 293.